The molecule has 0 aliphatic heterocycles. The second-order valence-electron chi connectivity index (χ2n) is 3.86. The van der Waals surface area contributed by atoms with Crippen LogP contribution in [0.15, 0.2) is 4.42 Å². The van der Waals surface area contributed by atoms with Crippen LogP contribution >= 0.6 is 11.3 Å². The Kier molecular flexibility index (Phi) is 4.27. The fraction of sp³-hybridized carbons (Fsp3) is 0.545. The number of ether oxygens (including phenoxy) is 1. The average Bonchev–Trinajstić information content (AvgIpc) is 2.88. The lowest BCUT2D eigenvalue weighted by Crippen LogP contribution is -2.04. The average molecular weight is 268 g/mol. The van der Waals surface area contributed by atoms with Crippen LogP contribution in [0.5, 0.6) is 0 Å². The quantitative estimate of drug-likeness (QED) is 0.863. The molecule has 2 rings (SSSR count). The van der Waals surface area contributed by atoms with Gasteiger partial charge < -0.3 is 14.5 Å². The summed E-state index contributed by atoms with van der Waals surface area (Å²) in [6.07, 6.45) is 0.849. The number of rotatable bonds is 6. The van der Waals surface area contributed by atoms with Crippen molar-refractivity contribution in [2.75, 3.05) is 19.0 Å². The first-order chi connectivity index (χ1) is 8.69. The van der Waals surface area contributed by atoms with Gasteiger partial charge >= 0.3 is 6.01 Å². The lowest BCUT2D eigenvalue weighted by Gasteiger charge is -1.98. The molecule has 0 radical (unpaired) electrons. The van der Waals surface area contributed by atoms with E-state index in [1.807, 2.05) is 6.92 Å². The molecule has 0 aliphatic rings. The van der Waals surface area contributed by atoms with Gasteiger partial charge in [-0.25, -0.2) is 4.98 Å². The van der Waals surface area contributed by atoms with E-state index in [0.717, 1.165) is 23.7 Å². The smallest absolute Gasteiger partial charge is 0.315 e. The Morgan fingerprint density at radius 1 is 1.33 bits per heavy atom. The van der Waals surface area contributed by atoms with Gasteiger partial charge in [-0.2, -0.15) is 0 Å². The SMILES string of the molecule is COCc1nnc(NCCc2nc(C)c(C)s2)o1. The molecule has 0 bridgehead atoms. The molecule has 2 aromatic rings. The van der Waals surface area contributed by atoms with Gasteiger partial charge in [0, 0.05) is 25.0 Å². The second kappa shape index (κ2) is 5.92. The summed E-state index contributed by atoms with van der Waals surface area (Å²) in [4.78, 5) is 5.74. The zero-order valence-electron chi connectivity index (χ0n) is 10.7. The fourth-order valence-electron chi connectivity index (χ4n) is 1.43. The van der Waals surface area contributed by atoms with Crippen molar-refractivity contribution in [3.05, 3.63) is 21.5 Å². The van der Waals surface area contributed by atoms with Crippen LogP contribution in [0.1, 0.15) is 21.5 Å². The van der Waals surface area contributed by atoms with Crippen LogP contribution in [0, 0.1) is 13.8 Å². The lowest BCUT2D eigenvalue weighted by molar-refractivity contribution is 0.160. The number of hydrogen-bond acceptors (Lipinski definition) is 7. The predicted octanol–water partition coefficient (Wildman–Crippen LogP) is 1.94. The van der Waals surface area contributed by atoms with Gasteiger partial charge in [-0.05, 0) is 13.8 Å². The molecule has 0 aliphatic carbocycles. The van der Waals surface area contributed by atoms with Crippen LogP contribution < -0.4 is 5.32 Å². The van der Waals surface area contributed by atoms with Crippen molar-refractivity contribution in [2.45, 2.75) is 26.9 Å². The summed E-state index contributed by atoms with van der Waals surface area (Å²) in [5.74, 6) is 0.473. The number of anilines is 1. The van der Waals surface area contributed by atoms with Crippen molar-refractivity contribution >= 4 is 17.4 Å². The van der Waals surface area contributed by atoms with Gasteiger partial charge in [0.15, 0.2) is 0 Å². The molecule has 0 spiro atoms. The van der Waals surface area contributed by atoms with Crippen molar-refractivity contribution in [3.63, 3.8) is 0 Å². The highest BCUT2D eigenvalue weighted by molar-refractivity contribution is 7.11. The van der Waals surface area contributed by atoms with Gasteiger partial charge in [-0.15, -0.1) is 16.4 Å². The van der Waals surface area contributed by atoms with E-state index in [-0.39, 0.29) is 0 Å². The van der Waals surface area contributed by atoms with E-state index in [1.54, 1.807) is 18.4 Å². The zero-order valence-corrected chi connectivity index (χ0v) is 11.5. The highest BCUT2D eigenvalue weighted by Crippen LogP contribution is 2.16. The van der Waals surface area contributed by atoms with Crippen molar-refractivity contribution in [3.8, 4) is 0 Å². The molecular weight excluding hydrogens is 252 g/mol. The molecule has 18 heavy (non-hydrogen) atoms. The number of aromatic nitrogens is 3. The van der Waals surface area contributed by atoms with Crippen molar-refractivity contribution in [1.29, 1.82) is 0 Å². The minimum Gasteiger partial charge on any atom is -0.406 e. The normalized spacial score (nSPS) is 10.8. The van der Waals surface area contributed by atoms with Gasteiger partial charge in [0.2, 0.25) is 5.89 Å². The number of thiazole rings is 1. The number of hydrogen-bond donors (Lipinski definition) is 1. The third kappa shape index (κ3) is 3.27. The van der Waals surface area contributed by atoms with E-state index >= 15 is 0 Å². The molecule has 2 aromatic heterocycles. The van der Waals surface area contributed by atoms with Crippen LogP contribution in [0.3, 0.4) is 0 Å². The summed E-state index contributed by atoms with van der Waals surface area (Å²) in [6, 6.07) is 0.423. The minimum atomic E-state index is 0.333. The van der Waals surface area contributed by atoms with Crippen molar-refractivity contribution in [1.82, 2.24) is 15.2 Å². The molecule has 0 unspecified atom stereocenters. The summed E-state index contributed by atoms with van der Waals surface area (Å²) >= 11 is 1.73. The molecule has 98 valence electrons. The summed E-state index contributed by atoms with van der Waals surface area (Å²) in [6.45, 7) is 5.16. The van der Waals surface area contributed by atoms with Gasteiger partial charge in [-0.1, -0.05) is 5.10 Å². The van der Waals surface area contributed by atoms with E-state index in [9.17, 15) is 0 Å². The molecule has 6 nitrogen and oxygen atoms in total. The van der Waals surface area contributed by atoms with Crippen LogP contribution in [-0.2, 0) is 17.8 Å². The number of nitrogens with one attached hydrogen (secondary N) is 1. The molecule has 0 fully saturated rings. The summed E-state index contributed by atoms with van der Waals surface area (Å²) in [5, 5.41) is 11.9. The maximum absolute atomic E-state index is 5.32. The second-order valence-corrected chi connectivity index (χ2v) is 5.15. The van der Waals surface area contributed by atoms with Crippen LogP contribution in [0.25, 0.3) is 0 Å². The Hall–Kier alpha value is -1.47. The first-order valence-corrected chi connectivity index (χ1v) is 6.49. The fourth-order valence-corrected chi connectivity index (χ4v) is 2.36. The summed E-state index contributed by atoms with van der Waals surface area (Å²) in [5.41, 5.74) is 1.11. The van der Waals surface area contributed by atoms with E-state index in [0.29, 0.717) is 18.5 Å². The Bertz CT molecular complexity index is 489. The van der Waals surface area contributed by atoms with Crippen LogP contribution in [-0.4, -0.2) is 28.8 Å². The molecule has 0 amide bonds. The Labute approximate surface area is 109 Å². The van der Waals surface area contributed by atoms with E-state index in [1.165, 1.54) is 4.88 Å². The molecular formula is C11H16N4O2S. The van der Waals surface area contributed by atoms with E-state index < -0.39 is 0 Å². The molecule has 1 N–H and O–H groups in total. The largest absolute Gasteiger partial charge is 0.406 e. The van der Waals surface area contributed by atoms with E-state index in [4.69, 9.17) is 9.15 Å². The molecule has 7 heteroatoms. The zero-order chi connectivity index (χ0) is 13.0. The molecule has 0 aromatic carbocycles. The van der Waals surface area contributed by atoms with Crippen LogP contribution in [0.2, 0.25) is 0 Å². The molecule has 0 saturated carbocycles. The van der Waals surface area contributed by atoms with E-state index in [2.05, 4.69) is 27.4 Å². The highest BCUT2D eigenvalue weighted by Gasteiger charge is 2.06. The van der Waals surface area contributed by atoms with Crippen molar-refractivity contribution < 1.29 is 9.15 Å². The molecule has 0 saturated heterocycles. The number of nitrogens with zero attached hydrogens (tertiary/aromatic N) is 3. The number of methoxy groups -OCH3 is 1. The summed E-state index contributed by atoms with van der Waals surface area (Å²) < 4.78 is 10.2. The van der Waals surface area contributed by atoms with Gasteiger partial charge in [-0.3, -0.25) is 0 Å². The molecule has 0 atom stereocenters. The highest BCUT2D eigenvalue weighted by atomic mass is 32.1. The first kappa shape index (κ1) is 13.0. The third-order valence-corrected chi connectivity index (χ3v) is 3.56. The topological polar surface area (TPSA) is 73.1 Å². The monoisotopic (exact) mass is 268 g/mol. The maximum Gasteiger partial charge on any atom is 0.315 e. The predicted molar refractivity (Wildman–Crippen MR) is 68.8 cm³/mol. The first-order valence-electron chi connectivity index (χ1n) is 5.67. The Balaban J connectivity index is 1.80. The summed E-state index contributed by atoms with van der Waals surface area (Å²) in [7, 11) is 1.59. The van der Waals surface area contributed by atoms with Gasteiger partial charge in [0.1, 0.15) is 6.61 Å². The Morgan fingerprint density at radius 2 is 2.17 bits per heavy atom. The maximum atomic E-state index is 5.32. The van der Waals surface area contributed by atoms with Gasteiger partial charge in [0.25, 0.3) is 0 Å². The Morgan fingerprint density at radius 3 is 2.83 bits per heavy atom. The van der Waals surface area contributed by atoms with Gasteiger partial charge in [0.05, 0.1) is 10.7 Å². The number of aryl methyl sites for hydroxylation is 2. The van der Waals surface area contributed by atoms with Crippen molar-refractivity contribution in [2.24, 2.45) is 0 Å². The lowest BCUT2D eigenvalue weighted by atomic mass is 10.4. The van der Waals surface area contributed by atoms with Crippen LogP contribution in [0.4, 0.5) is 6.01 Å². The standard InChI is InChI=1S/C11H16N4O2S/c1-7-8(2)18-10(13-7)4-5-12-11-15-14-9(17-11)6-16-3/h4-6H2,1-3H3,(H,12,15). The molecule has 2 heterocycles. The third-order valence-electron chi connectivity index (χ3n) is 2.42. The minimum absolute atomic E-state index is 0.333.